The summed E-state index contributed by atoms with van der Waals surface area (Å²) in [4.78, 5) is 0. The Bertz CT molecular complexity index is 460. The number of hydrogen-bond donors (Lipinski definition) is 1. The van der Waals surface area contributed by atoms with Crippen LogP contribution in [0.25, 0.3) is 0 Å². The molecule has 0 amide bonds. The van der Waals surface area contributed by atoms with Gasteiger partial charge in [0, 0.05) is 37.8 Å². The Labute approximate surface area is 119 Å². The lowest BCUT2D eigenvalue weighted by Gasteiger charge is -2.29. The first kappa shape index (κ1) is 13.8. The van der Waals surface area contributed by atoms with Gasteiger partial charge in [-0.1, -0.05) is 0 Å². The summed E-state index contributed by atoms with van der Waals surface area (Å²) >= 11 is 0. The fourth-order valence-corrected chi connectivity index (χ4v) is 3.10. The fourth-order valence-electron chi connectivity index (χ4n) is 3.10. The molecule has 1 aromatic carbocycles. The van der Waals surface area contributed by atoms with Crippen molar-refractivity contribution in [3.05, 3.63) is 29.6 Å². The highest BCUT2D eigenvalue weighted by Gasteiger charge is 2.25. The molecule has 4 heteroatoms. The van der Waals surface area contributed by atoms with Crippen molar-refractivity contribution in [2.75, 3.05) is 19.8 Å². The van der Waals surface area contributed by atoms with E-state index in [4.69, 9.17) is 9.47 Å². The third-order valence-electron chi connectivity index (χ3n) is 4.40. The van der Waals surface area contributed by atoms with Gasteiger partial charge >= 0.3 is 0 Å². The molecule has 3 rings (SSSR count). The number of halogens is 1. The van der Waals surface area contributed by atoms with E-state index < -0.39 is 0 Å². The van der Waals surface area contributed by atoms with Crippen LogP contribution in [-0.2, 0) is 11.2 Å². The van der Waals surface area contributed by atoms with Crippen LogP contribution in [0.5, 0.6) is 5.75 Å². The van der Waals surface area contributed by atoms with Crippen molar-refractivity contribution < 1.29 is 13.9 Å². The minimum absolute atomic E-state index is 0.120. The van der Waals surface area contributed by atoms with Crippen LogP contribution in [0.4, 0.5) is 4.39 Å². The molecule has 0 saturated carbocycles. The Morgan fingerprint density at radius 2 is 2.15 bits per heavy atom. The van der Waals surface area contributed by atoms with Crippen LogP contribution in [0.2, 0.25) is 0 Å². The van der Waals surface area contributed by atoms with Crippen molar-refractivity contribution in [1.82, 2.24) is 5.32 Å². The van der Waals surface area contributed by atoms with Gasteiger partial charge < -0.3 is 14.8 Å². The Morgan fingerprint density at radius 1 is 1.35 bits per heavy atom. The van der Waals surface area contributed by atoms with E-state index in [-0.39, 0.29) is 11.9 Å². The number of benzene rings is 1. The molecule has 1 saturated heterocycles. The highest BCUT2D eigenvalue weighted by molar-refractivity contribution is 5.37. The van der Waals surface area contributed by atoms with Gasteiger partial charge in [-0.15, -0.1) is 0 Å². The Morgan fingerprint density at radius 3 is 2.95 bits per heavy atom. The van der Waals surface area contributed by atoms with Gasteiger partial charge in [-0.2, -0.15) is 0 Å². The van der Waals surface area contributed by atoms with E-state index >= 15 is 0 Å². The van der Waals surface area contributed by atoms with Gasteiger partial charge in [0.15, 0.2) is 0 Å². The van der Waals surface area contributed by atoms with Crippen LogP contribution in [0.15, 0.2) is 18.2 Å². The van der Waals surface area contributed by atoms with Crippen molar-refractivity contribution in [2.45, 2.75) is 38.3 Å². The molecule has 3 nitrogen and oxygen atoms in total. The lowest BCUT2D eigenvalue weighted by atomic mass is 9.93. The highest BCUT2D eigenvalue weighted by atomic mass is 19.1. The maximum Gasteiger partial charge on any atom is 0.123 e. The fraction of sp³-hybridized carbons (Fsp3) is 0.625. The summed E-state index contributed by atoms with van der Waals surface area (Å²) in [6.07, 6.45) is 3.17. The van der Waals surface area contributed by atoms with Crippen molar-refractivity contribution in [3.8, 4) is 5.75 Å². The van der Waals surface area contributed by atoms with Crippen LogP contribution >= 0.6 is 0 Å². The molecule has 0 spiro atoms. The van der Waals surface area contributed by atoms with Gasteiger partial charge in [-0.25, -0.2) is 4.39 Å². The Hall–Kier alpha value is -1.13. The zero-order valence-corrected chi connectivity index (χ0v) is 11.9. The average molecular weight is 279 g/mol. The highest BCUT2D eigenvalue weighted by Crippen LogP contribution is 2.29. The molecule has 20 heavy (non-hydrogen) atoms. The summed E-state index contributed by atoms with van der Waals surface area (Å²) in [7, 11) is 0. The van der Waals surface area contributed by atoms with E-state index in [1.165, 1.54) is 6.07 Å². The number of hydrogen-bond acceptors (Lipinski definition) is 3. The summed E-state index contributed by atoms with van der Waals surface area (Å²) < 4.78 is 24.4. The molecule has 2 aliphatic heterocycles. The first-order chi connectivity index (χ1) is 9.72. The first-order valence-electron chi connectivity index (χ1n) is 7.48. The van der Waals surface area contributed by atoms with Gasteiger partial charge in [0.2, 0.25) is 0 Å². The molecule has 1 N–H and O–H groups in total. The van der Waals surface area contributed by atoms with Crippen LogP contribution in [0, 0.1) is 11.7 Å². The number of ether oxygens (including phenoxy) is 2. The maximum absolute atomic E-state index is 13.2. The summed E-state index contributed by atoms with van der Waals surface area (Å²) in [6, 6.07) is 5.24. The lowest BCUT2D eigenvalue weighted by molar-refractivity contribution is 0.0546. The van der Waals surface area contributed by atoms with Gasteiger partial charge in [-0.05, 0) is 43.9 Å². The molecule has 2 heterocycles. The van der Waals surface area contributed by atoms with E-state index in [1.807, 2.05) is 0 Å². The van der Waals surface area contributed by atoms with Crippen molar-refractivity contribution in [1.29, 1.82) is 0 Å². The molecule has 0 bridgehead atoms. The molecule has 2 unspecified atom stereocenters. The monoisotopic (exact) mass is 279 g/mol. The van der Waals surface area contributed by atoms with Gasteiger partial charge in [0.05, 0.1) is 0 Å². The molecule has 0 aromatic heterocycles. The van der Waals surface area contributed by atoms with E-state index in [0.29, 0.717) is 12.0 Å². The van der Waals surface area contributed by atoms with Gasteiger partial charge in [0.25, 0.3) is 0 Å². The SMILES string of the molecule is CC(NCC1Cc2cc(F)ccc2O1)C1CCOCC1. The Balaban J connectivity index is 1.48. The molecule has 110 valence electrons. The van der Waals surface area contributed by atoms with Crippen molar-refractivity contribution in [2.24, 2.45) is 5.92 Å². The second kappa shape index (κ2) is 6.10. The summed E-state index contributed by atoms with van der Waals surface area (Å²) in [5.41, 5.74) is 0.982. The van der Waals surface area contributed by atoms with Gasteiger partial charge in [-0.3, -0.25) is 0 Å². The lowest BCUT2D eigenvalue weighted by Crippen LogP contribution is -2.41. The first-order valence-corrected chi connectivity index (χ1v) is 7.48. The topological polar surface area (TPSA) is 30.5 Å². The third kappa shape index (κ3) is 3.13. The number of fused-ring (bicyclic) bond motifs is 1. The summed E-state index contributed by atoms with van der Waals surface area (Å²) in [6.45, 7) is 4.80. The molecular weight excluding hydrogens is 257 g/mol. The zero-order valence-electron chi connectivity index (χ0n) is 11.9. The zero-order chi connectivity index (χ0) is 13.9. The second-order valence-electron chi connectivity index (χ2n) is 5.84. The molecule has 2 aliphatic rings. The van der Waals surface area contributed by atoms with E-state index in [0.717, 1.165) is 50.3 Å². The van der Waals surface area contributed by atoms with E-state index in [2.05, 4.69) is 12.2 Å². The predicted octanol–water partition coefficient (Wildman–Crippen LogP) is 2.53. The minimum Gasteiger partial charge on any atom is -0.488 e. The van der Waals surface area contributed by atoms with Crippen LogP contribution in [-0.4, -0.2) is 31.9 Å². The third-order valence-corrected chi connectivity index (χ3v) is 4.40. The van der Waals surface area contributed by atoms with Crippen molar-refractivity contribution in [3.63, 3.8) is 0 Å². The molecule has 1 fully saturated rings. The van der Waals surface area contributed by atoms with E-state index in [1.54, 1.807) is 12.1 Å². The van der Waals surface area contributed by atoms with Gasteiger partial charge in [0.1, 0.15) is 17.7 Å². The molecule has 0 radical (unpaired) electrons. The minimum atomic E-state index is -0.184. The van der Waals surface area contributed by atoms with E-state index in [9.17, 15) is 4.39 Å². The molecule has 0 aliphatic carbocycles. The Kier molecular flexibility index (Phi) is 4.22. The standard InChI is InChI=1S/C16H22FNO2/c1-11(12-4-6-19-7-5-12)18-10-15-9-13-8-14(17)2-3-16(13)20-15/h2-3,8,11-12,15,18H,4-7,9-10H2,1H3. The predicted molar refractivity (Wildman–Crippen MR) is 75.5 cm³/mol. The number of rotatable bonds is 4. The smallest absolute Gasteiger partial charge is 0.123 e. The summed E-state index contributed by atoms with van der Waals surface area (Å²) in [5.74, 6) is 1.33. The number of nitrogens with one attached hydrogen (secondary N) is 1. The normalized spacial score (nSPS) is 24.2. The van der Waals surface area contributed by atoms with Crippen LogP contribution < -0.4 is 10.1 Å². The molecular formula is C16H22FNO2. The largest absolute Gasteiger partial charge is 0.488 e. The van der Waals surface area contributed by atoms with Crippen molar-refractivity contribution >= 4 is 0 Å². The second-order valence-corrected chi connectivity index (χ2v) is 5.84. The quantitative estimate of drug-likeness (QED) is 0.918. The average Bonchev–Trinajstić information content (AvgIpc) is 2.87. The molecule has 2 atom stereocenters. The van der Waals surface area contributed by atoms with Crippen LogP contribution in [0.1, 0.15) is 25.3 Å². The molecule has 1 aromatic rings. The summed E-state index contributed by atoms with van der Waals surface area (Å²) in [5, 5.41) is 3.57. The maximum atomic E-state index is 13.2. The van der Waals surface area contributed by atoms with Crippen LogP contribution in [0.3, 0.4) is 0 Å².